The Hall–Kier alpha value is -1.33. The minimum Gasteiger partial charge on any atom is -0.464 e. The van der Waals surface area contributed by atoms with E-state index in [9.17, 15) is 4.79 Å². The molecule has 5 heteroatoms. The maximum atomic E-state index is 12.4. The maximum absolute atomic E-state index is 12.4. The molecule has 0 aliphatic carbocycles. The van der Waals surface area contributed by atoms with Crippen LogP contribution in [0.4, 0.5) is 0 Å². The Labute approximate surface area is 127 Å². The van der Waals surface area contributed by atoms with Crippen molar-refractivity contribution < 1.29 is 9.21 Å². The SMILES string of the molecule is CNCC1CCCCN1CC(=O)N(C)Cc1ccc(C)o1. The van der Waals surface area contributed by atoms with Gasteiger partial charge in [0, 0.05) is 19.6 Å². The van der Waals surface area contributed by atoms with Crippen LogP contribution in [0.5, 0.6) is 0 Å². The van der Waals surface area contributed by atoms with Gasteiger partial charge >= 0.3 is 0 Å². The summed E-state index contributed by atoms with van der Waals surface area (Å²) >= 11 is 0. The second-order valence-corrected chi connectivity index (χ2v) is 5.94. The molecule has 0 radical (unpaired) electrons. The van der Waals surface area contributed by atoms with E-state index in [0.29, 0.717) is 19.1 Å². The van der Waals surface area contributed by atoms with Gasteiger partial charge in [-0.1, -0.05) is 6.42 Å². The monoisotopic (exact) mass is 293 g/mol. The lowest BCUT2D eigenvalue weighted by atomic mass is 10.0. The molecule has 1 saturated heterocycles. The Kier molecular flexibility index (Phi) is 5.82. The highest BCUT2D eigenvalue weighted by Gasteiger charge is 2.24. The third-order valence-electron chi connectivity index (χ3n) is 4.14. The highest BCUT2D eigenvalue weighted by Crippen LogP contribution is 2.17. The summed E-state index contributed by atoms with van der Waals surface area (Å²) in [6, 6.07) is 4.34. The first-order valence-corrected chi connectivity index (χ1v) is 7.78. The topological polar surface area (TPSA) is 48.7 Å². The van der Waals surface area contributed by atoms with Crippen LogP contribution < -0.4 is 5.32 Å². The summed E-state index contributed by atoms with van der Waals surface area (Å²) in [5.41, 5.74) is 0. The van der Waals surface area contributed by atoms with E-state index >= 15 is 0 Å². The van der Waals surface area contributed by atoms with Gasteiger partial charge in [0.25, 0.3) is 0 Å². The summed E-state index contributed by atoms with van der Waals surface area (Å²) in [6.45, 7) is 4.93. The zero-order chi connectivity index (χ0) is 15.2. The van der Waals surface area contributed by atoms with Gasteiger partial charge in [-0.05, 0) is 45.5 Å². The van der Waals surface area contributed by atoms with Gasteiger partial charge in [0.05, 0.1) is 13.1 Å². The number of aryl methyl sites for hydroxylation is 1. The number of furan rings is 1. The number of nitrogens with zero attached hydrogens (tertiary/aromatic N) is 2. The number of rotatable bonds is 6. The van der Waals surface area contributed by atoms with E-state index < -0.39 is 0 Å². The summed E-state index contributed by atoms with van der Waals surface area (Å²) in [7, 11) is 3.82. The molecule has 5 nitrogen and oxygen atoms in total. The van der Waals surface area contributed by atoms with Crippen molar-refractivity contribution in [3.05, 3.63) is 23.7 Å². The fourth-order valence-electron chi connectivity index (χ4n) is 2.92. The van der Waals surface area contributed by atoms with E-state index in [4.69, 9.17) is 4.42 Å². The first-order valence-electron chi connectivity index (χ1n) is 7.78. The number of carbonyl (C=O) groups is 1. The molecule has 1 atom stereocenters. The highest BCUT2D eigenvalue weighted by atomic mass is 16.3. The average Bonchev–Trinajstić information content (AvgIpc) is 2.86. The minimum atomic E-state index is 0.159. The fourth-order valence-corrected chi connectivity index (χ4v) is 2.92. The molecule has 1 fully saturated rings. The van der Waals surface area contributed by atoms with E-state index in [1.165, 1.54) is 19.3 Å². The van der Waals surface area contributed by atoms with E-state index in [-0.39, 0.29) is 5.91 Å². The van der Waals surface area contributed by atoms with Crippen LogP contribution in [0.2, 0.25) is 0 Å². The number of piperidine rings is 1. The molecule has 118 valence electrons. The Morgan fingerprint density at radius 2 is 2.29 bits per heavy atom. The Morgan fingerprint density at radius 1 is 1.48 bits per heavy atom. The second kappa shape index (κ2) is 7.61. The number of carbonyl (C=O) groups excluding carboxylic acids is 1. The summed E-state index contributed by atoms with van der Waals surface area (Å²) in [5.74, 6) is 1.89. The molecule has 1 amide bonds. The van der Waals surface area contributed by atoms with Gasteiger partial charge in [0.1, 0.15) is 11.5 Å². The van der Waals surface area contributed by atoms with Crippen LogP contribution in [0.25, 0.3) is 0 Å². The molecule has 0 saturated carbocycles. The molecule has 1 aromatic rings. The van der Waals surface area contributed by atoms with Gasteiger partial charge in [-0.15, -0.1) is 0 Å². The number of nitrogens with one attached hydrogen (secondary N) is 1. The lowest BCUT2D eigenvalue weighted by molar-refractivity contribution is -0.132. The highest BCUT2D eigenvalue weighted by molar-refractivity contribution is 5.78. The third kappa shape index (κ3) is 4.58. The van der Waals surface area contributed by atoms with Crippen molar-refractivity contribution in [3.8, 4) is 0 Å². The summed E-state index contributed by atoms with van der Waals surface area (Å²) in [5, 5.41) is 3.23. The number of amides is 1. The Morgan fingerprint density at radius 3 is 2.95 bits per heavy atom. The lowest BCUT2D eigenvalue weighted by Crippen LogP contribution is -2.49. The first kappa shape index (κ1) is 16.0. The molecule has 2 heterocycles. The smallest absolute Gasteiger partial charge is 0.236 e. The van der Waals surface area contributed by atoms with E-state index in [2.05, 4.69) is 10.2 Å². The molecule has 0 spiro atoms. The van der Waals surface area contributed by atoms with Crippen LogP contribution in [-0.2, 0) is 11.3 Å². The largest absolute Gasteiger partial charge is 0.464 e. The molecular weight excluding hydrogens is 266 g/mol. The number of likely N-dealkylation sites (N-methyl/N-ethyl adjacent to an activating group) is 2. The predicted octanol–water partition coefficient (Wildman–Crippen LogP) is 1.62. The third-order valence-corrected chi connectivity index (χ3v) is 4.14. The van der Waals surface area contributed by atoms with Gasteiger partial charge in [-0.25, -0.2) is 0 Å². The van der Waals surface area contributed by atoms with Gasteiger partial charge in [-0.3, -0.25) is 9.69 Å². The fraction of sp³-hybridized carbons (Fsp3) is 0.688. The van der Waals surface area contributed by atoms with E-state index in [1.807, 2.05) is 33.2 Å². The van der Waals surface area contributed by atoms with Gasteiger partial charge in [-0.2, -0.15) is 0 Å². The van der Waals surface area contributed by atoms with Crippen molar-refractivity contribution in [2.24, 2.45) is 0 Å². The molecule has 1 aromatic heterocycles. The minimum absolute atomic E-state index is 0.159. The molecule has 21 heavy (non-hydrogen) atoms. The van der Waals surface area contributed by atoms with E-state index in [0.717, 1.165) is 24.6 Å². The van der Waals surface area contributed by atoms with Crippen LogP contribution in [-0.4, -0.2) is 55.5 Å². The van der Waals surface area contributed by atoms with Gasteiger partial charge < -0.3 is 14.6 Å². The van der Waals surface area contributed by atoms with Crippen LogP contribution in [0.1, 0.15) is 30.8 Å². The Bertz CT molecular complexity index is 456. The van der Waals surface area contributed by atoms with Crippen molar-refractivity contribution in [3.63, 3.8) is 0 Å². The molecule has 0 bridgehead atoms. The molecular formula is C16H27N3O2. The summed E-state index contributed by atoms with van der Waals surface area (Å²) in [6.07, 6.45) is 3.63. The zero-order valence-electron chi connectivity index (χ0n) is 13.4. The van der Waals surface area contributed by atoms with Crippen LogP contribution in [0.15, 0.2) is 16.5 Å². The lowest BCUT2D eigenvalue weighted by Gasteiger charge is -2.35. The van der Waals surface area contributed by atoms with Crippen molar-refractivity contribution in [1.29, 1.82) is 0 Å². The second-order valence-electron chi connectivity index (χ2n) is 5.94. The van der Waals surface area contributed by atoms with Crippen LogP contribution >= 0.6 is 0 Å². The maximum Gasteiger partial charge on any atom is 0.236 e. The predicted molar refractivity (Wildman–Crippen MR) is 83.1 cm³/mol. The summed E-state index contributed by atoms with van der Waals surface area (Å²) in [4.78, 5) is 16.5. The molecule has 1 N–H and O–H groups in total. The number of hydrogen-bond acceptors (Lipinski definition) is 4. The van der Waals surface area contributed by atoms with Gasteiger partial charge in [0.2, 0.25) is 5.91 Å². The first-order chi connectivity index (χ1) is 10.1. The van der Waals surface area contributed by atoms with Crippen molar-refractivity contribution in [2.75, 3.05) is 33.7 Å². The molecule has 1 aliphatic rings. The number of likely N-dealkylation sites (tertiary alicyclic amines) is 1. The van der Waals surface area contributed by atoms with E-state index in [1.54, 1.807) is 4.90 Å². The standard InChI is InChI=1S/C16H27N3O2/c1-13-7-8-15(21-13)11-18(3)16(20)12-19-9-5-4-6-14(19)10-17-2/h7-8,14,17H,4-6,9-12H2,1-3H3. The Balaban J connectivity index is 1.86. The van der Waals surface area contributed by atoms with Crippen LogP contribution in [0, 0.1) is 6.92 Å². The molecule has 1 aliphatic heterocycles. The quantitative estimate of drug-likeness (QED) is 0.866. The number of hydrogen-bond donors (Lipinski definition) is 1. The average molecular weight is 293 g/mol. The molecule has 1 unspecified atom stereocenters. The van der Waals surface area contributed by atoms with Crippen molar-refractivity contribution in [2.45, 2.75) is 38.8 Å². The van der Waals surface area contributed by atoms with Gasteiger partial charge in [0.15, 0.2) is 0 Å². The van der Waals surface area contributed by atoms with Crippen molar-refractivity contribution in [1.82, 2.24) is 15.1 Å². The molecule has 0 aromatic carbocycles. The zero-order valence-corrected chi connectivity index (χ0v) is 13.4. The van der Waals surface area contributed by atoms with Crippen LogP contribution in [0.3, 0.4) is 0 Å². The molecule has 2 rings (SSSR count). The summed E-state index contributed by atoms with van der Waals surface area (Å²) < 4.78 is 5.54. The normalized spacial score (nSPS) is 19.7. The van der Waals surface area contributed by atoms with Crippen molar-refractivity contribution >= 4 is 5.91 Å².